The van der Waals surface area contributed by atoms with E-state index >= 15 is 0 Å². The maximum Gasteiger partial charge on any atom is 0.351 e. The number of hydroxylamine groups is 2. The number of nitrogens with zero attached hydrogens (tertiary/aromatic N) is 2. The molecule has 1 aromatic heterocycles. The van der Waals surface area contributed by atoms with Crippen LogP contribution in [0.15, 0.2) is 59.8 Å². The van der Waals surface area contributed by atoms with Crippen molar-refractivity contribution < 1.29 is 19.2 Å². The second-order valence-corrected chi connectivity index (χ2v) is 7.46. The molecule has 0 saturated carbocycles. The Morgan fingerprint density at radius 3 is 2.36 bits per heavy atom. The molecule has 6 nitrogen and oxygen atoms in total. The highest BCUT2D eigenvalue weighted by molar-refractivity contribution is 8.76. The van der Waals surface area contributed by atoms with Crippen LogP contribution in [0.5, 0.6) is 0 Å². The summed E-state index contributed by atoms with van der Waals surface area (Å²) in [7, 11) is 2.58. The number of hydrogen-bond acceptors (Lipinski definition) is 7. The molecule has 0 N–H and O–H groups in total. The molecule has 1 aliphatic rings. The normalized spacial score (nSPS) is 15.3. The van der Waals surface area contributed by atoms with Crippen molar-refractivity contribution in [3.05, 3.63) is 60.3 Å². The molecule has 1 saturated heterocycles. The molecule has 3 rings (SSSR count). The van der Waals surface area contributed by atoms with Gasteiger partial charge in [-0.15, -0.1) is 5.06 Å². The van der Waals surface area contributed by atoms with Crippen LogP contribution >= 0.6 is 21.6 Å². The number of imide groups is 1. The standard InChI is InChI=1S/C17H14N2O4S2/c20-14-9-10-15(21)19(14)23-17(22)16(12-6-2-1-3-7-12)25-24-13-8-4-5-11-18-13/h1-8,11,16H,9-10H2. The van der Waals surface area contributed by atoms with Gasteiger partial charge in [0.25, 0.3) is 11.8 Å². The zero-order valence-electron chi connectivity index (χ0n) is 13.0. The van der Waals surface area contributed by atoms with E-state index in [1.807, 2.05) is 36.4 Å². The van der Waals surface area contributed by atoms with Gasteiger partial charge in [0.15, 0.2) is 0 Å². The molecule has 8 heteroatoms. The van der Waals surface area contributed by atoms with Crippen LogP contribution in [0.4, 0.5) is 0 Å². The Kier molecular flexibility index (Phi) is 5.72. The van der Waals surface area contributed by atoms with E-state index < -0.39 is 23.0 Å². The Balaban J connectivity index is 1.75. The first kappa shape index (κ1) is 17.5. The summed E-state index contributed by atoms with van der Waals surface area (Å²) in [6, 6.07) is 14.6. The third kappa shape index (κ3) is 4.40. The van der Waals surface area contributed by atoms with Crippen molar-refractivity contribution in [1.29, 1.82) is 0 Å². The number of carbonyl (C=O) groups is 3. The molecule has 2 aromatic rings. The van der Waals surface area contributed by atoms with E-state index in [-0.39, 0.29) is 12.8 Å². The second kappa shape index (κ2) is 8.17. The molecule has 2 heterocycles. The SMILES string of the molecule is O=C(ON1C(=O)CCC1=O)C(SSc1ccccn1)c1ccccc1. The Labute approximate surface area is 152 Å². The minimum atomic E-state index is -0.700. The first-order chi connectivity index (χ1) is 12.1. The fraction of sp³-hybridized carbons (Fsp3) is 0.176. The van der Waals surface area contributed by atoms with E-state index in [1.165, 1.54) is 21.6 Å². The van der Waals surface area contributed by atoms with Gasteiger partial charge in [-0.3, -0.25) is 9.59 Å². The van der Waals surface area contributed by atoms with Crippen LogP contribution in [-0.4, -0.2) is 27.8 Å². The van der Waals surface area contributed by atoms with E-state index in [1.54, 1.807) is 18.3 Å². The second-order valence-electron chi connectivity index (χ2n) is 5.13. The third-order valence-electron chi connectivity index (χ3n) is 3.37. The van der Waals surface area contributed by atoms with Gasteiger partial charge in [-0.2, -0.15) is 0 Å². The Bertz CT molecular complexity index is 755. The number of hydrogen-bond donors (Lipinski definition) is 0. The lowest BCUT2D eigenvalue weighted by molar-refractivity contribution is -0.197. The Hall–Kier alpha value is -2.32. The van der Waals surface area contributed by atoms with Gasteiger partial charge in [-0.25, -0.2) is 9.78 Å². The summed E-state index contributed by atoms with van der Waals surface area (Å²) < 4.78 is 0. The van der Waals surface area contributed by atoms with Crippen molar-refractivity contribution in [3.8, 4) is 0 Å². The van der Waals surface area contributed by atoms with Gasteiger partial charge in [-0.05, 0) is 28.5 Å². The molecule has 1 fully saturated rings. The van der Waals surface area contributed by atoms with Crippen molar-refractivity contribution in [2.45, 2.75) is 23.1 Å². The highest BCUT2D eigenvalue weighted by Gasteiger charge is 2.35. The summed E-state index contributed by atoms with van der Waals surface area (Å²) in [4.78, 5) is 45.2. The minimum absolute atomic E-state index is 0.0674. The van der Waals surface area contributed by atoms with Gasteiger partial charge in [0.05, 0.1) is 0 Å². The predicted molar refractivity (Wildman–Crippen MR) is 94.0 cm³/mol. The number of aromatic nitrogens is 1. The van der Waals surface area contributed by atoms with Crippen LogP contribution in [0.25, 0.3) is 0 Å². The van der Waals surface area contributed by atoms with Gasteiger partial charge < -0.3 is 4.84 Å². The molecular weight excluding hydrogens is 360 g/mol. The first-order valence-electron chi connectivity index (χ1n) is 7.52. The highest BCUT2D eigenvalue weighted by Crippen LogP contribution is 2.42. The first-order valence-corrected chi connectivity index (χ1v) is 9.73. The predicted octanol–water partition coefficient (Wildman–Crippen LogP) is 3.17. The monoisotopic (exact) mass is 374 g/mol. The van der Waals surface area contributed by atoms with Crippen molar-refractivity contribution in [2.75, 3.05) is 0 Å². The Morgan fingerprint density at radius 2 is 1.72 bits per heavy atom. The van der Waals surface area contributed by atoms with E-state index in [0.29, 0.717) is 5.06 Å². The molecule has 0 aliphatic carbocycles. The molecule has 1 unspecified atom stereocenters. The summed E-state index contributed by atoms with van der Waals surface area (Å²) in [5.74, 6) is -1.65. The number of pyridine rings is 1. The largest absolute Gasteiger partial charge is 0.351 e. The Morgan fingerprint density at radius 1 is 1.04 bits per heavy atom. The van der Waals surface area contributed by atoms with Crippen LogP contribution in [0, 0.1) is 0 Å². The van der Waals surface area contributed by atoms with Crippen molar-refractivity contribution in [1.82, 2.24) is 10.0 Å². The van der Waals surface area contributed by atoms with E-state index in [4.69, 9.17) is 4.84 Å². The molecule has 1 aromatic carbocycles. The minimum Gasteiger partial charge on any atom is -0.329 e. The fourth-order valence-electron chi connectivity index (χ4n) is 2.15. The zero-order valence-corrected chi connectivity index (χ0v) is 14.7. The summed E-state index contributed by atoms with van der Waals surface area (Å²) >= 11 is 0. The van der Waals surface area contributed by atoms with Gasteiger partial charge in [-0.1, -0.05) is 47.2 Å². The fourth-order valence-corrected chi connectivity index (χ4v) is 4.42. The van der Waals surface area contributed by atoms with Crippen LogP contribution in [-0.2, 0) is 19.2 Å². The number of benzene rings is 1. The lowest BCUT2D eigenvalue weighted by atomic mass is 10.1. The van der Waals surface area contributed by atoms with Crippen molar-refractivity contribution in [3.63, 3.8) is 0 Å². The molecule has 0 spiro atoms. The summed E-state index contributed by atoms with van der Waals surface area (Å²) in [5, 5.41) is 0.619. The molecule has 1 atom stereocenters. The van der Waals surface area contributed by atoms with E-state index in [0.717, 1.165) is 10.6 Å². The highest BCUT2D eigenvalue weighted by atomic mass is 33.1. The van der Waals surface area contributed by atoms with Gasteiger partial charge >= 0.3 is 5.97 Å². The lowest BCUT2D eigenvalue weighted by Gasteiger charge is -2.18. The van der Waals surface area contributed by atoms with Crippen LogP contribution in [0.2, 0.25) is 0 Å². The average Bonchev–Trinajstić information content (AvgIpc) is 2.96. The molecule has 0 radical (unpaired) electrons. The molecule has 128 valence electrons. The number of amides is 2. The molecule has 1 aliphatic heterocycles. The molecular formula is C17H14N2O4S2. The smallest absolute Gasteiger partial charge is 0.329 e. The van der Waals surface area contributed by atoms with E-state index in [9.17, 15) is 14.4 Å². The van der Waals surface area contributed by atoms with Crippen molar-refractivity contribution >= 4 is 39.4 Å². The molecule has 25 heavy (non-hydrogen) atoms. The zero-order chi connectivity index (χ0) is 17.6. The average molecular weight is 374 g/mol. The molecule has 0 bridgehead atoms. The quantitative estimate of drug-likeness (QED) is 0.568. The van der Waals surface area contributed by atoms with Gasteiger partial charge in [0, 0.05) is 19.0 Å². The summed E-state index contributed by atoms with van der Waals surface area (Å²) in [6.45, 7) is 0. The van der Waals surface area contributed by atoms with Gasteiger partial charge in [0.1, 0.15) is 10.3 Å². The molecule has 2 amide bonds. The summed E-state index contributed by atoms with van der Waals surface area (Å²) in [5.41, 5.74) is 0.722. The van der Waals surface area contributed by atoms with E-state index in [2.05, 4.69) is 4.98 Å². The maximum absolute atomic E-state index is 12.6. The van der Waals surface area contributed by atoms with Crippen LogP contribution in [0.3, 0.4) is 0 Å². The topological polar surface area (TPSA) is 76.6 Å². The lowest BCUT2D eigenvalue weighted by Crippen LogP contribution is -2.33. The number of rotatable bonds is 6. The number of carbonyl (C=O) groups excluding carboxylic acids is 3. The van der Waals surface area contributed by atoms with Crippen LogP contribution < -0.4 is 0 Å². The van der Waals surface area contributed by atoms with Gasteiger partial charge in [0.2, 0.25) is 0 Å². The maximum atomic E-state index is 12.6. The summed E-state index contributed by atoms with van der Waals surface area (Å²) in [6.07, 6.45) is 1.80. The third-order valence-corrected chi connectivity index (χ3v) is 5.91. The van der Waals surface area contributed by atoms with Crippen molar-refractivity contribution in [2.24, 2.45) is 0 Å². The van der Waals surface area contributed by atoms with Crippen LogP contribution in [0.1, 0.15) is 23.7 Å².